The van der Waals surface area contributed by atoms with Crippen LogP contribution in [-0.4, -0.2) is 41.4 Å². The predicted octanol–water partition coefficient (Wildman–Crippen LogP) is 1.68. The molecule has 0 aliphatic carbocycles. The molecule has 2 aromatic rings. The monoisotopic (exact) mass is 380 g/mol. The lowest BCUT2D eigenvalue weighted by Gasteiger charge is -2.17. The molecule has 1 aromatic carbocycles. The van der Waals surface area contributed by atoms with Gasteiger partial charge in [0, 0.05) is 25.3 Å². The van der Waals surface area contributed by atoms with E-state index < -0.39 is 16.1 Å². The molecule has 1 aliphatic rings. The van der Waals surface area contributed by atoms with Crippen LogP contribution in [0, 0.1) is 5.82 Å². The first kappa shape index (κ1) is 18.5. The fourth-order valence-corrected chi connectivity index (χ4v) is 3.96. The van der Waals surface area contributed by atoms with Crippen LogP contribution < -0.4 is 4.72 Å². The van der Waals surface area contributed by atoms with Gasteiger partial charge in [0.05, 0.1) is 6.33 Å². The predicted molar refractivity (Wildman–Crippen MR) is 93.2 cm³/mol. The van der Waals surface area contributed by atoms with Crippen molar-refractivity contribution in [2.24, 2.45) is 0 Å². The van der Waals surface area contributed by atoms with Crippen molar-refractivity contribution in [2.45, 2.75) is 43.9 Å². The maximum Gasteiger partial charge on any atom is 0.260 e. The van der Waals surface area contributed by atoms with Gasteiger partial charge >= 0.3 is 0 Å². The Hall–Kier alpha value is -2.26. The van der Waals surface area contributed by atoms with Crippen molar-refractivity contribution in [3.63, 3.8) is 0 Å². The van der Waals surface area contributed by atoms with E-state index in [1.165, 1.54) is 24.7 Å². The summed E-state index contributed by atoms with van der Waals surface area (Å²) >= 11 is 0. The summed E-state index contributed by atoms with van der Waals surface area (Å²) in [6.07, 6.45) is 3.28. The van der Waals surface area contributed by atoms with Gasteiger partial charge in [-0.25, -0.2) is 17.8 Å². The van der Waals surface area contributed by atoms with Crippen molar-refractivity contribution in [1.29, 1.82) is 0 Å². The summed E-state index contributed by atoms with van der Waals surface area (Å²) in [5, 5.41) is -0.101. The quantitative estimate of drug-likeness (QED) is 0.826. The molecule has 0 spiro atoms. The van der Waals surface area contributed by atoms with Gasteiger partial charge in [-0.1, -0.05) is 12.1 Å². The Morgan fingerprint density at radius 1 is 1.31 bits per heavy atom. The highest BCUT2D eigenvalue weighted by molar-refractivity contribution is 7.89. The molecule has 140 valence electrons. The maximum atomic E-state index is 13.0. The number of amides is 1. The molecule has 2 heterocycles. The van der Waals surface area contributed by atoms with Crippen LogP contribution in [0.4, 0.5) is 4.39 Å². The highest BCUT2D eigenvalue weighted by Gasteiger charge is 2.35. The van der Waals surface area contributed by atoms with E-state index in [2.05, 4.69) is 9.71 Å². The Kier molecular flexibility index (Phi) is 5.10. The standard InChI is InChI=1S/C17H21FN4O3S/c1-12(2)22-10-16(19-11-22)26(24,25)20-15-7-8-21(17(15)23)9-13-3-5-14(18)6-4-13/h3-6,10-12,15,20H,7-9H2,1-2H3. The van der Waals surface area contributed by atoms with E-state index in [1.54, 1.807) is 21.6 Å². The molecule has 1 atom stereocenters. The topological polar surface area (TPSA) is 84.3 Å². The second kappa shape index (κ2) is 7.16. The van der Waals surface area contributed by atoms with E-state index in [1.807, 2.05) is 13.8 Å². The number of nitrogens with one attached hydrogen (secondary N) is 1. The minimum atomic E-state index is -3.87. The molecule has 1 fully saturated rings. The van der Waals surface area contributed by atoms with E-state index in [9.17, 15) is 17.6 Å². The minimum Gasteiger partial charge on any atom is -0.337 e. The number of imidazole rings is 1. The number of rotatable bonds is 6. The number of likely N-dealkylation sites (tertiary alicyclic amines) is 1. The van der Waals surface area contributed by atoms with Crippen LogP contribution in [0.1, 0.15) is 31.9 Å². The lowest BCUT2D eigenvalue weighted by molar-refractivity contribution is -0.129. The summed E-state index contributed by atoms with van der Waals surface area (Å²) in [4.78, 5) is 18.0. The lowest BCUT2D eigenvalue weighted by Crippen LogP contribution is -2.41. The van der Waals surface area contributed by atoms with Crippen LogP contribution in [0.3, 0.4) is 0 Å². The number of halogens is 1. The Morgan fingerprint density at radius 2 is 2.00 bits per heavy atom. The van der Waals surface area contributed by atoms with Gasteiger partial charge in [-0.05, 0) is 38.0 Å². The molecule has 1 aromatic heterocycles. The smallest absolute Gasteiger partial charge is 0.260 e. The maximum absolute atomic E-state index is 13.0. The number of hydrogen-bond acceptors (Lipinski definition) is 4. The van der Waals surface area contributed by atoms with Gasteiger partial charge in [-0.2, -0.15) is 4.72 Å². The van der Waals surface area contributed by atoms with E-state index >= 15 is 0 Å². The number of sulfonamides is 1. The first-order valence-corrected chi connectivity index (χ1v) is 9.83. The summed E-state index contributed by atoms with van der Waals surface area (Å²) < 4.78 is 42.0. The third-order valence-corrected chi connectivity index (χ3v) is 5.69. The molecule has 3 rings (SSSR count). The summed E-state index contributed by atoms with van der Waals surface area (Å²) in [6.45, 7) is 4.59. The fourth-order valence-electron chi connectivity index (χ4n) is 2.80. The lowest BCUT2D eigenvalue weighted by atomic mass is 10.2. The molecule has 26 heavy (non-hydrogen) atoms. The number of aromatic nitrogens is 2. The van der Waals surface area contributed by atoms with E-state index in [-0.39, 0.29) is 22.8 Å². The Labute approximate surface area is 151 Å². The molecule has 1 N–H and O–H groups in total. The van der Waals surface area contributed by atoms with Crippen molar-refractivity contribution < 1.29 is 17.6 Å². The van der Waals surface area contributed by atoms with Crippen molar-refractivity contribution in [1.82, 2.24) is 19.2 Å². The van der Waals surface area contributed by atoms with Crippen molar-refractivity contribution in [2.75, 3.05) is 6.54 Å². The molecule has 1 amide bonds. The highest BCUT2D eigenvalue weighted by atomic mass is 32.2. The summed E-state index contributed by atoms with van der Waals surface area (Å²) in [7, 11) is -3.87. The van der Waals surface area contributed by atoms with Crippen molar-refractivity contribution in [3.8, 4) is 0 Å². The molecular weight excluding hydrogens is 359 g/mol. The van der Waals surface area contributed by atoms with Crippen LogP contribution in [0.15, 0.2) is 41.8 Å². The zero-order chi connectivity index (χ0) is 18.9. The van der Waals surface area contributed by atoms with E-state index in [0.717, 1.165) is 5.56 Å². The fraction of sp³-hybridized carbons (Fsp3) is 0.412. The van der Waals surface area contributed by atoms with Crippen LogP contribution in [-0.2, 0) is 21.4 Å². The first-order chi connectivity index (χ1) is 12.3. The molecular formula is C17H21FN4O3S. The summed E-state index contributed by atoms with van der Waals surface area (Å²) in [6, 6.07) is 5.16. The van der Waals surface area contributed by atoms with E-state index in [0.29, 0.717) is 19.5 Å². The summed E-state index contributed by atoms with van der Waals surface area (Å²) in [5.41, 5.74) is 0.791. The number of benzene rings is 1. The zero-order valence-corrected chi connectivity index (χ0v) is 15.4. The number of nitrogens with zero attached hydrogens (tertiary/aromatic N) is 3. The van der Waals surface area contributed by atoms with Gasteiger partial charge in [-0.3, -0.25) is 4.79 Å². The van der Waals surface area contributed by atoms with Gasteiger partial charge in [0.25, 0.3) is 10.0 Å². The van der Waals surface area contributed by atoms with Gasteiger partial charge < -0.3 is 9.47 Å². The van der Waals surface area contributed by atoms with Crippen molar-refractivity contribution >= 4 is 15.9 Å². The molecule has 1 aliphatic heterocycles. The molecule has 7 nitrogen and oxygen atoms in total. The second-order valence-corrected chi connectivity index (χ2v) is 8.26. The Morgan fingerprint density at radius 3 is 2.62 bits per heavy atom. The molecule has 0 bridgehead atoms. The molecule has 1 saturated heterocycles. The molecule has 0 saturated carbocycles. The van der Waals surface area contributed by atoms with Crippen LogP contribution in [0.5, 0.6) is 0 Å². The number of hydrogen-bond donors (Lipinski definition) is 1. The van der Waals surface area contributed by atoms with Crippen LogP contribution in [0.25, 0.3) is 0 Å². The normalized spacial score (nSPS) is 18.1. The Balaban J connectivity index is 1.66. The zero-order valence-electron chi connectivity index (χ0n) is 14.6. The second-order valence-electron chi connectivity index (χ2n) is 6.60. The van der Waals surface area contributed by atoms with Crippen molar-refractivity contribution in [3.05, 3.63) is 48.2 Å². The third-order valence-electron chi connectivity index (χ3n) is 4.33. The number of carbonyl (C=O) groups excluding carboxylic acids is 1. The first-order valence-electron chi connectivity index (χ1n) is 8.35. The Bertz CT molecular complexity index is 893. The SMILES string of the molecule is CC(C)n1cnc(S(=O)(=O)NC2CCN(Cc3ccc(F)cc3)C2=O)c1. The molecule has 0 radical (unpaired) electrons. The molecule has 9 heteroatoms. The van der Waals surface area contributed by atoms with Crippen LogP contribution in [0.2, 0.25) is 0 Å². The van der Waals surface area contributed by atoms with Crippen LogP contribution >= 0.6 is 0 Å². The van der Waals surface area contributed by atoms with E-state index in [4.69, 9.17) is 0 Å². The highest BCUT2D eigenvalue weighted by Crippen LogP contribution is 2.18. The average Bonchev–Trinajstić information content (AvgIpc) is 3.20. The van der Waals surface area contributed by atoms with Gasteiger partial charge in [0.2, 0.25) is 5.91 Å². The minimum absolute atomic E-state index is 0.0887. The largest absolute Gasteiger partial charge is 0.337 e. The molecule has 1 unspecified atom stereocenters. The average molecular weight is 380 g/mol. The van der Waals surface area contributed by atoms with Gasteiger partial charge in [-0.15, -0.1) is 0 Å². The third kappa shape index (κ3) is 3.94. The van der Waals surface area contributed by atoms with Gasteiger partial charge in [0.15, 0.2) is 5.03 Å². The number of carbonyl (C=O) groups is 1. The van der Waals surface area contributed by atoms with Gasteiger partial charge in [0.1, 0.15) is 11.9 Å². The summed E-state index contributed by atoms with van der Waals surface area (Å²) in [5.74, 6) is -0.630.